The maximum absolute atomic E-state index is 13.5. The van der Waals surface area contributed by atoms with E-state index in [1.54, 1.807) is 43.4 Å². The molecule has 198 valence electrons. The van der Waals surface area contributed by atoms with Gasteiger partial charge < -0.3 is 15.4 Å². The summed E-state index contributed by atoms with van der Waals surface area (Å²) in [6.07, 6.45) is 0. The fraction of sp³-hybridized carbons (Fsp3) is 0.154. The summed E-state index contributed by atoms with van der Waals surface area (Å²) >= 11 is 13.4. The van der Waals surface area contributed by atoms with E-state index in [4.69, 9.17) is 27.9 Å². The number of hydrogen-bond acceptors (Lipinski definition) is 7. The van der Waals surface area contributed by atoms with E-state index in [0.29, 0.717) is 27.0 Å². The summed E-state index contributed by atoms with van der Waals surface area (Å²) < 4.78 is 33.6. The molecule has 0 bridgehead atoms. The quantitative estimate of drug-likeness (QED) is 0.235. The highest BCUT2D eigenvalue weighted by atomic mass is 35.5. The van der Waals surface area contributed by atoms with Gasteiger partial charge in [0, 0.05) is 34.6 Å². The summed E-state index contributed by atoms with van der Waals surface area (Å²) in [4.78, 5) is 17.7. The number of hydrogen-bond donors (Lipinski definition) is 2. The second-order valence-corrected chi connectivity index (χ2v) is 11.8. The number of carbonyl (C=O) groups excluding carboxylic acids is 1. The van der Waals surface area contributed by atoms with Crippen LogP contribution < -0.4 is 15.4 Å². The zero-order valence-electron chi connectivity index (χ0n) is 20.4. The number of halogens is 2. The molecule has 0 atom stereocenters. The van der Waals surface area contributed by atoms with E-state index in [9.17, 15) is 13.2 Å². The van der Waals surface area contributed by atoms with Crippen LogP contribution in [-0.2, 0) is 21.4 Å². The predicted molar refractivity (Wildman–Crippen MR) is 153 cm³/mol. The van der Waals surface area contributed by atoms with Gasteiger partial charge in [0.15, 0.2) is 5.13 Å². The van der Waals surface area contributed by atoms with E-state index < -0.39 is 22.5 Å². The molecule has 4 rings (SSSR count). The number of carbonyl (C=O) groups is 1. The number of thiazole rings is 1. The van der Waals surface area contributed by atoms with Crippen molar-refractivity contribution in [2.75, 3.05) is 31.3 Å². The summed E-state index contributed by atoms with van der Waals surface area (Å²) in [6, 6.07) is 17.8. The van der Waals surface area contributed by atoms with Crippen molar-refractivity contribution in [3.63, 3.8) is 0 Å². The molecule has 0 radical (unpaired) electrons. The molecule has 8 nitrogen and oxygen atoms in total. The standard InChI is InChI=1S/C26H24Cl2N4O4S2/c1-29-26-31-23(16-37-26)18-5-12-24(36-2)22(13-18)30-25(33)15-32(14-17-3-6-19(27)7-4-17)38(34,35)21-10-8-20(28)9-11-21/h3-13,16H,14-15H2,1-2H3,(H,29,31)(H,30,33). The van der Waals surface area contributed by atoms with Gasteiger partial charge in [-0.15, -0.1) is 11.3 Å². The van der Waals surface area contributed by atoms with E-state index in [1.807, 2.05) is 11.4 Å². The average molecular weight is 592 g/mol. The number of anilines is 2. The van der Waals surface area contributed by atoms with Crippen LogP contribution in [0.25, 0.3) is 11.3 Å². The summed E-state index contributed by atoms with van der Waals surface area (Å²) in [5, 5.41) is 9.37. The van der Waals surface area contributed by atoms with Crippen LogP contribution in [0.5, 0.6) is 5.75 Å². The maximum atomic E-state index is 13.5. The molecule has 2 N–H and O–H groups in total. The number of nitrogens with one attached hydrogen (secondary N) is 2. The van der Waals surface area contributed by atoms with Gasteiger partial charge in [-0.3, -0.25) is 4.79 Å². The molecule has 0 fully saturated rings. The maximum Gasteiger partial charge on any atom is 0.243 e. The average Bonchev–Trinajstić information content (AvgIpc) is 3.39. The van der Waals surface area contributed by atoms with E-state index in [2.05, 4.69) is 15.6 Å². The van der Waals surface area contributed by atoms with E-state index >= 15 is 0 Å². The highest BCUT2D eigenvalue weighted by molar-refractivity contribution is 7.89. The molecule has 12 heteroatoms. The monoisotopic (exact) mass is 590 g/mol. The Morgan fingerprint density at radius 3 is 2.29 bits per heavy atom. The van der Waals surface area contributed by atoms with Crippen molar-refractivity contribution in [3.05, 3.63) is 87.7 Å². The van der Waals surface area contributed by atoms with Crippen LogP contribution in [-0.4, -0.2) is 44.3 Å². The minimum Gasteiger partial charge on any atom is -0.495 e. The lowest BCUT2D eigenvalue weighted by Crippen LogP contribution is -2.37. The van der Waals surface area contributed by atoms with E-state index in [1.165, 1.54) is 42.7 Å². The van der Waals surface area contributed by atoms with Crippen molar-refractivity contribution < 1.29 is 17.9 Å². The third-order valence-corrected chi connectivity index (χ3v) is 8.70. The first kappa shape index (κ1) is 27.9. The molecule has 1 amide bonds. The molecule has 0 aliphatic heterocycles. The third kappa shape index (κ3) is 6.64. The molecule has 38 heavy (non-hydrogen) atoms. The second-order valence-electron chi connectivity index (χ2n) is 8.10. The lowest BCUT2D eigenvalue weighted by molar-refractivity contribution is -0.116. The Balaban J connectivity index is 1.61. The fourth-order valence-corrected chi connectivity index (χ4v) is 5.93. The summed E-state index contributed by atoms with van der Waals surface area (Å²) in [5.41, 5.74) is 2.56. The van der Waals surface area contributed by atoms with E-state index in [0.717, 1.165) is 20.7 Å². The van der Waals surface area contributed by atoms with Crippen LogP contribution in [0.1, 0.15) is 5.56 Å². The normalized spacial score (nSPS) is 11.4. The predicted octanol–water partition coefficient (Wildman–Crippen LogP) is 6.00. The highest BCUT2D eigenvalue weighted by Crippen LogP contribution is 2.32. The minimum absolute atomic E-state index is 0.0205. The molecule has 3 aromatic carbocycles. The van der Waals surface area contributed by atoms with E-state index in [-0.39, 0.29) is 11.4 Å². The van der Waals surface area contributed by atoms with Gasteiger partial charge in [-0.2, -0.15) is 4.31 Å². The molecule has 0 aliphatic rings. The molecule has 1 aromatic heterocycles. The number of ether oxygens (including phenoxy) is 1. The van der Waals surface area contributed by atoms with Crippen LogP contribution in [0.4, 0.5) is 10.8 Å². The van der Waals surface area contributed by atoms with Crippen molar-refractivity contribution in [3.8, 4) is 17.0 Å². The van der Waals surface area contributed by atoms with Crippen molar-refractivity contribution in [1.82, 2.24) is 9.29 Å². The number of nitrogens with zero attached hydrogens (tertiary/aromatic N) is 2. The third-order valence-electron chi connectivity index (χ3n) is 5.53. The zero-order chi connectivity index (χ0) is 27.3. The highest BCUT2D eigenvalue weighted by Gasteiger charge is 2.27. The first-order valence-corrected chi connectivity index (χ1v) is 14.4. The number of methoxy groups -OCH3 is 1. The van der Waals surface area contributed by atoms with Gasteiger partial charge in [0.1, 0.15) is 5.75 Å². The summed E-state index contributed by atoms with van der Waals surface area (Å²) in [7, 11) is -0.768. The molecule has 0 unspecified atom stereocenters. The lowest BCUT2D eigenvalue weighted by Gasteiger charge is -2.22. The number of sulfonamides is 1. The molecule has 0 saturated carbocycles. The van der Waals surface area contributed by atoms with Gasteiger partial charge in [-0.25, -0.2) is 13.4 Å². The van der Waals surface area contributed by atoms with Crippen molar-refractivity contribution >= 4 is 61.3 Å². The van der Waals surface area contributed by atoms with Crippen molar-refractivity contribution in [1.29, 1.82) is 0 Å². The topological polar surface area (TPSA) is 101 Å². The number of amides is 1. The largest absolute Gasteiger partial charge is 0.495 e. The van der Waals surface area contributed by atoms with Crippen LogP contribution in [0, 0.1) is 0 Å². The second kappa shape index (κ2) is 12.1. The van der Waals surface area contributed by atoms with Crippen LogP contribution in [0.15, 0.2) is 77.0 Å². The summed E-state index contributed by atoms with van der Waals surface area (Å²) in [5.74, 6) is -0.114. The van der Waals surface area contributed by atoms with Crippen LogP contribution in [0.3, 0.4) is 0 Å². The van der Waals surface area contributed by atoms with Gasteiger partial charge in [0.05, 0.1) is 29.9 Å². The van der Waals surface area contributed by atoms with Crippen molar-refractivity contribution in [2.45, 2.75) is 11.4 Å². The Hall–Kier alpha value is -3.15. The summed E-state index contributed by atoms with van der Waals surface area (Å²) in [6.45, 7) is -0.486. The number of rotatable bonds is 10. The van der Waals surface area contributed by atoms with Gasteiger partial charge in [-0.05, 0) is 60.2 Å². The molecule has 0 saturated heterocycles. The Morgan fingerprint density at radius 2 is 1.68 bits per heavy atom. The smallest absolute Gasteiger partial charge is 0.243 e. The number of benzene rings is 3. The molecular weight excluding hydrogens is 567 g/mol. The molecular formula is C26H24Cl2N4O4S2. The van der Waals surface area contributed by atoms with Crippen LogP contribution in [0.2, 0.25) is 10.0 Å². The van der Waals surface area contributed by atoms with Crippen LogP contribution >= 0.6 is 34.5 Å². The van der Waals surface area contributed by atoms with Gasteiger partial charge in [0.2, 0.25) is 15.9 Å². The Labute approximate surface area is 235 Å². The fourth-order valence-electron chi connectivity index (χ4n) is 3.61. The zero-order valence-corrected chi connectivity index (χ0v) is 23.6. The van der Waals surface area contributed by atoms with Gasteiger partial charge >= 0.3 is 0 Å². The van der Waals surface area contributed by atoms with Gasteiger partial charge in [-0.1, -0.05) is 35.3 Å². The Kier molecular flexibility index (Phi) is 8.91. The molecule has 0 aliphatic carbocycles. The first-order chi connectivity index (χ1) is 18.2. The van der Waals surface area contributed by atoms with Crippen molar-refractivity contribution in [2.24, 2.45) is 0 Å². The molecule has 1 heterocycles. The lowest BCUT2D eigenvalue weighted by atomic mass is 10.1. The van der Waals surface area contributed by atoms with Gasteiger partial charge in [0.25, 0.3) is 0 Å². The first-order valence-electron chi connectivity index (χ1n) is 11.3. The SMILES string of the molecule is CNc1nc(-c2ccc(OC)c(NC(=O)CN(Cc3ccc(Cl)cc3)S(=O)(=O)c3ccc(Cl)cc3)c2)cs1. The minimum atomic E-state index is -4.05. The number of aromatic nitrogens is 1. The molecule has 0 spiro atoms. The Bertz CT molecular complexity index is 1530. The molecule has 4 aromatic rings. The Morgan fingerprint density at radius 1 is 1.03 bits per heavy atom.